The molecule has 0 spiro atoms. The number of amidine groups is 1. The van der Waals surface area contributed by atoms with E-state index in [1.54, 1.807) is 42.3 Å². The van der Waals surface area contributed by atoms with Gasteiger partial charge in [-0.1, -0.05) is 30.3 Å². The SMILES string of the molecule is CCN(C(=O)C1CCN(CC(=O)N2CC=C(c3ccc(C(N)=NC=NC)cc3)CC2)C1)c1ccc(N)c(C(=N)c2ccnc(C(=O)NC)c2)c1. The fraction of sp³-hybridized carbons (Fsp3) is 0.324. The van der Waals surface area contributed by atoms with Crippen LogP contribution in [0.2, 0.25) is 0 Å². The number of amides is 3. The van der Waals surface area contributed by atoms with E-state index in [1.807, 2.05) is 36.1 Å². The van der Waals surface area contributed by atoms with Gasteiger partial charge in [0.15, 0.2) is 0 Å². The van der Waals surface area contributed by atoms with Crippen molar-refractivity contribution in [3.05, 3.63) is 94.8 Å². The molecule has 3 aromatic rings. The summed E-state index contributed by atoms with van der Waals surface area (Å²) in [5, 5.41) is 11.4. The van der Waals surface area contributed by atoms with E-state index in [2.05, 4.69) is 31.3 Å². The standard InChI is InChI=1S/C37H44N10O3/c1-4-47(29-9-10-31(38)30(20-29)34(39)27-11-15-43-32(19-27)36(49)42-3)37(50)28-12-16-45(21-28)22-33(48)46-17-13-25(14-18-46)24-5-7-26(8-6-24)35(40)44-23-41-2/h5-11,13,15,19-20,23,28,39H,4,12,14,16-18,21-22,38H2,1-3H3,(H,42,49)(H2,40,41,44). The Labute approximate surface area is 292 Å². The highest BCUT2D eigenvalue weighted by Crippen LogP contribution is 2.28. The Balaban J connectivity index is 1.18. The number of aromatic nitrogens is 1. The van der Waals surface area contributed by atoms with Crippen LogP contribution in [-0.2, 0) is 9.59 Å². The molecule has 0 saturated carbocycles. The van der Waals surface area contributed by atoms with E-state index in [1.165, 1.54) is 25.2 Å². The number of carbonyl (C=O) groups is 3. The predicted octanol–water partition coefficient (Wildman–Crippen LogP) is 2.79. The number of hydrogen-bond donors (Lipinski definition) is 4. The summed E-state index contributed by atoms with van der Waals surface area (Å²) in [5.74, 6) is -0.189. The first-order chi connectivity index (χ1) is 24.1. The van der Waals surface area contributed by atoms with Gasteiger partial charge in [0.2, 0.25) is 11.8 Å². The molecule has 260 valence electrons. The topological polar surface area (TPSA) is 186 Å². The summed E-state index contributed by atoms with van der Waals surface area (Å²) >= 11 is 0. The molecule has 2 aliphatic heterocycles. The normalized spacial score (nSPS) is 16.7. The molecule has 0 bridgehead atoms. The van der Waals surface area contributed by atoms with Gasteiger partial charge in [0.25, 0.3) is 5.91 Å². The molecule has 1 atom stereocenters. The van der Waals surface area contributed by atoms with Crippen LogP contribution in [0.1, 0.15) is 52.5 Å². The number of benzene rings is 2. The summed E-state index contributed by atoms with van der Waals surface area (Å²) in [6, 6.07) is 16.3. The Morgan fingerprint density at radius 2 is 1.88 bits per heavy atom. The molecule has 2 aromatic carbocycles. The van der Waals surface area contributed by atoms with Crippen molar-refractivity contribution in [3.63, 3.8) is 0 Å². The number of nitrogens with zero attached hydrogens (tertiary/aromatic N) is 6. The Hall–Kier alpha value is -5.69. The van der Waals surface area contributed by atoms with Crippen molar-refractivity contribution >= 4 is 52.6 Å². The van der Waals surface area contributed by atoms with Crippen LogP contribution in [0.15, 0.2) is 76.9 Å². The van der Waals surface area contributed by atoms with Crippen molar-refractivity contribution in [3.8, 4) is 0 Å². The molecule has 1 aromatic heterocycles. The number of rotatable bonds is 11. The first-order valence-electron chi connectivity index (χ1n) is 16.7. The zero-order valence-electron chi connectivity index (χ0n) is 28.7. The molecule has 3 heterocycles. The monoisotopic (exact) mass is 676 g/mol. The zero-order chi connectivity index (χ0) is 35.8. The van der Waals surface area contributed by atoms with E-state index < -0.39 is 0 Å². The van der Waals surface area contributed by atoms with Gasteiger partial charge in [-0.2, -0.15) is 0 Å². The minimum absolute atomic E-state index is 0.0291. The molecule has 1 saturated heterocycles. The largest absolute Gasteiger partial charge is 0.398 e. The van der Waals surface area contributed by atoms with Crippen LogP contribution in [-0.4, -0.2) is 104 Å². The number of carbonyl (C=O) groups excluding carboxylic acids is 3. The predicted molar refractivity (Wildman–Crippen MR) is 198 cm³/mol. The highest BCUT2D eigenvalue weighted by Gasteiger charge is 2.33. The van der Waals surface area contributed by atoms with Crippen LogP contribution in [0.3, 0.4) is 0 Å². The lowest BCUT2D eigenvalue weighted by Crippen LogP contribution is -2.42. The summed E-state index contributed by atoms with van der Waals surface area (Å²) in [6.07, 6.45) is 6.40. The van der Waals surface area contributed by atoms with Gasteiger partial charge in [0.05, 0.1) is 18.2 Å². The zero-order valence-corrected chi connectivity index (χ0v) is 28.7. The van der Waals surface area contributed by atoms with Crippen molar-refractivity contribution < 1.29 is 14.4 Å². The van der Waals surface area contributed by atoms with Gasteiger partial charge in [-0.3, -0.25) is 34.7 Å². The van der Waals surface area contributed by atoms with Gasteiger partial charge < -0.3 is 26.6 Å². The first kappa shape index (κ1) is 35.6. The molecule has 0 radical (unpaired) electrons. The summed E-state index contributed by atoms with van der Waals surface area (Å²) in [7, 11) is 3.16. The van der Waals surface area contributed by atoms with Crippen LogP contribution < -0.4 is 21.7 Å². The Kier molecular flexibility index (Phi) is 11.5. The van der Waals surface area contributed by atoms with Gasteiger partial charge in [0, 0.05) is 74.5 Å². The fourth-order valence-corrected chi connectivity index (χ4v) is 6.29. The summed E-state index contributed by atoms with van der Waals surface area (Å²) in [4.78, 5) is 56.8. The van der Waals surface area contributed by atoms with E-state index in [-0.39, 0.29) is 41.6 Å². The number of hydrogen-bond acceptors (Lipinski definition) is 8. The molecule has 13 nitrogen and oxygen atoms in total. The second-order valence-electron chi connectivity index (χ2n) is 12.2. The Morgan fingerprint density at radius 1 is 1.10 bits per heavy atom. The molecular formula is C37H44N10O3. The smallest absolute Gasteiger partial charge is 0.269 e. The molecule has 1 fully saturated rings. The number of pyridine rings is 1. The maximum atomic E-state index is 13.8. The highest BCUT2D eigenvalue weighted by atomic mass is 16.2. The molecular weight excluding hydrogens is 632 g/mol. The van der Waals surface area contributed by atoms with Crippen LogP contribution >= 0.6 is 0 Å². The molecule has 5 rings (SSSR count). The van der Waals surface area contributed by atoms with Crippen molar-refractivity contribution in [1.82, 2.24) is 20.1 Å². The van der Waals surface area contributed by atoms with Crippen LogP contribution in [0.4, 0.5) is 11.4 Å². The van der Waals surface area contributed by atoms with Crippen LogP contribution in [0.5, 0.6) is 0 Å². The van der Waals surface area contributed by atoms with Gasteiger partial charge in [-0.15, -0.1) is 0 Å². The number of anilines is 2. The van der Waals surface area contributed by atoms with Crippen molar-refractivity contribution in [1.29, 1.82) is 5.41 Å². The van der Waals surface area contributed by atoms with E-state index in [0.717, 1.165) is 17.5 Å². The minimum Gasteiger partial charge on any atom is -0.398 e. The lowest BCUT2D eigenvalue weighted by molar-refractivity contribution is -0.132. The number of likely N-dealkylation sites (tertiary alicyclic amines) is 1. The van der Waals surface area contributed by atoms with Gasteiger partial charge >= 0.3 is 0 Å². The second kappa shape index (κ2) is 16.1. The van der Waals surface area contributed by atoms with Crippen molar-refractivity contribution in [2.45, 2.75) is 19.8 Å². The summed E-state index contributed by atoms with van der Waals surface area (Å²) in [6.45, 7) is 4.92. The van der Waals surface area contributed by atoms with Gasteiger partial charge in [-0.25, -0.2) is 4.99 Å². The van der Waals surface area contributed by atoms with Gasteiger partial charge in [0.1, 0.15) is 17.9 Å². The fourth-order valence-electron chi connectivity index (χ4n) is 6.29. The maximum Gasteiger partial charge on any atom is 0.269 e. The number of nitrogens with one attached hydrogen (secondary N) is 2. The van der Waals surface area contributed by atoms with E-state index in [0.29, 0.717) is 67.5 Å². The average molecular weight is 677 g/mol. The third-order valence-corrected chi connectivity index (χ3v) is 9.11. The van der Waals surface area contributed by atoms with Crippen molar-refractivity contribution in [2.24, 2.45) is 21.6 Å². The van der Waals surface area contributed by atoms with Gasteiger partial charge in [-0.05, 0) is 67.8 Å². The Bertz CT molecular complexity index is 1850. The third-order valence-electron chi connectivity index (χ3n) is 9.11. The molecule has 13 heteroatoms. The van der Waals surface area contributed by atoms with Crippen molar-refractivity contribution in [2.75, 3.05) is 64.0 Å². The first-order valence-corrected chi connectivity index (χ1v) is 16.7. The maximum absolute atomic E-state index is 13.8. The highest BCUT2D eigenvalue weighted by molar-refractivity contribution is 6.15. The molecule has 3 amide bonds. The molecule has 2 aliphatic rings. The van der Waals surface area contributed by atoms with Crippen LogP contribution in [0.25, 0.3) is 5.57 Å². The van der Waals surface area contributed by atoms with E-state index in [9.17, 15) is 14.4 Å². The molecule has 0 aliphatic carbocycles. The van der Waals surface area contributed by atoms with Crippen LogP contribution in [0, 0.1) is 11.3 Å². The summed E-state index contributed by atoms with van der Waals surface area (Å²) < 4.78 is 0. The number of nitrogen functional groups attached to an aromatic ring is 1. The van der Waals surface area contributed by atoms with E-state index in [4.69, 9.17) is 16.9 Å². The Morgan fingerprint density at radius 3 is 2.56 bits per heavy atom. The van der Waals surface area contributed by atoms with E-state index >= 15 is 0 Å². The average Bonchev–Trinajstić information content (AvgIpc) is 3.62. The third kappa shape index (κ3) is 8.12. The summed E-state index contributed by atoms with van der Waals surface area (Å²) in [5.41, 5.74) is 17.7. The second-order valence-corrected chi connectivity index (χ2v) is 12.2. The molecule has 1 unspecified atom stereocenters. The number of aliphatic imine (C=N–C) groups is 2. The minimum atomic E-state index is -0.354. The lowest BCUT2D eigenvalue weighted by atomic mass is 9.98. The molecule has 50 heavy (non-hydrogen) atoms. The number of nitrogens with two attached hydrogens (primary N) is 2. The molecule has 6 N–H and O–H groups in total. The quantitative estimate of drug-likeness (QED) is 0.137. The lowest BCUT2D eigenvalue weighted by Gasteiger charge is -2.29.